The highest BCUT2D eigenvalue weighted by atomic mass is 19.1. The van der Waals surface area contributed by atoms with E-state index >= 15 is 0 Å². The first-order chi connectivity index (χ1) is 11.3. The van der Waals surface area contributed by atoms with Gasteiger partial charge in [-0.15, -0.1) is 10.2 Å². The van der Waals surface area contributed by atoms with Gasteiger partial charge in [-0.1, -0.05) is 18.2 Å². The van der Waals surface area contributed by atoms with Gasteiger partial charge in [0.15, 0.2) is 6.33 Å². The Morgan fingerprint density at radius 1 is 1.17 bits per heavy atom. The minimum atomic E-state index is -0.212. The molecule has 23 heavy (non-hydrogen) atoms. The number of fused-ring (bicyclic) bond motifs is 1. The Labute approximate surface area is 133 Å². The van der Waals surface area contributed by atoms with Gasteiger partial charge in [-0.2, -0.15) is 4.80 Å². The van der Waals surface area contributed by atoms with Gasteiger partial charge >= 0.3 is 0 Å². The molecule has 2 atom stereocenters. The van der Waals surface area contributed by atoms with Crippen LogP contribution in [0.25, 0.3) is 10.8 Å². The standard InChI is InChI=1S/C17H18FN5/c18-16-6-5-12-8-14(4-3-13(12)9-16)17(23-21-11-20-22-23)15-2-1-7-19-10-15/h3-6,8-9,11,15,17,19H,1-2,7,10H2/t15-,17?/m1/s1. The molecule has 1 N–H and O–H groups in total. The van der Waals surface area contributed by atoms with Crippen LogP contribution in [0.4, 0.5) is 4.39 Å². The molecule has 0 saturated carbocycles. The van der Waals surface area contributed by atoms with Crippen molar-refractivity contribution < 1.29 is 4.39 Å². The van der Waals surface area contributed by atoms with E-state index in [0.717, 1.165) is 42.3 Å². The van der Waals surface area contributed by atoms with E-state index in [1.807, 2.05) is 18.2 Å². The summed E-state index contributed by atoms with van der Waals surface area (Å²) < 4.78 is 13.4. The number of aromatic nitrogens is 4. The van der Waals surface area contributed by atoms with Crippen molar-refractivity contribution in [3.8, 4) is 0 Å². The van der Waals surface area contributed by atoms with Crippen LogP contribution in [0.2, 0.25) is 0 Å². The predicted molar refractivity (Wildman–Crippen MR) is 85.5 cm³/mol. The van der Waals surface area contributed by atoms with E-state index in [-0.39, 0.29) is 11.9 Å². The second kappa shape index (κ2) is 6.04. The smallest absolute Gasteiger partial charge is 0.162 e. The molecule has 4 rings (SSSR count). The van der Waals surface area contributed by atoms with Gasteiger partial charge in [0, 0.05) is 6.54 Å². The first kappa shape index (κ1) is 14.3. The zero-order chi connectivity index (χ0) is 15.6. The summed E-state index contributed by atoms with van der Waals surface area (Å²) in [5.41, 5.74) is 1.14. The summed E-state index contributed by atoms with van der Waals surface area (Å²) >= 11 is 0. The molecule has 0 aliphatic carbocycles. The van der Waals surface area contributed by atoms with Crippen molar-refractivity contribution in [2.45, 2.75) is 18.9 Å². The second-order valence-electron chi connectivity index (χ2n) is 6.06. The number of nitrogens with zero attached hydrogens (tertiary/aromatic N) is 4. The van der Waals surface area contributed by atoms with Crippen LogP contribution in [-0.2, 0) is 0 Å². The normalized spacial score (nSPS) is 19.8. The zero-order valence-electron chi connectivity index (χ0n) is 12.7. The molecule has 1 unspecified atom stereocenters. The number of hydrogen-bond donors (Lipinski definition) is 1. The van der Waals surface area contributed by atoms with Crippen LogP contribution in [0.3, 0.4) is 0 Å². The molecule has 0 radical (unpaired) electrons. The van der Waals surface area contributed by atoms with Crippen LogP contribution in [0.15, 0.2) is 42.7 Å². The minimum Gasteiger partial charge on any atom is -0.316 e. The molecule has 0 amide bonds. The van der Waals surface area contributed by atoms with E-state index in [1.165, 1.54) is 12.4 Å². The molecule has 3 aromatic rings. The molecule has 5 nitrogen and oxygen atoms in total. The van der Waals surface area contributed by atoms with Crippen LogP contribution in [0.1, 0.15) is 24.4 Å². The molecule has 6 heteroatoms. The average molecular weight is 311 g/mol. The molecular weight excluding hydrogens is 293 g/mol. The van der Waals surface area contributed by atoms with Crippen molar-refractivity contribution in [3.05, 3.63) is 54.1 Å². The summed E-state index contributed by atoms with van der Waals surface area (Å²) in [4.78, 5) is 1.70. The van der Waals surface area contributed by atoms with Crippen molar-refractivity contribution in [3.63, 3.8) is 0 Å². The van der Waals surface area contributed by atoms with Gasteiger partial charge in [0.25, 0.3) is 0 Å². The van der Waals surface area contributed by atoms with Crippen molar-refractivity contribution in [1.29, 1.82) is 0 Å². The molecule has 1 saturated heterocycles. The van der Waals surface area contributed by atoms with Crippen molar-refractivity contribution >= 4 is 10.8 Å². The lowest BCUT2D eigenvalue weighted by Gasteiger charge is -2.30. The maximum Gasteiger partial charge on any atom is 0.162 e. The van der Waals surface area contributed by atoms with Crippen LogP contribution in [0, 0.1) is 11.7 Å². The number of rotatable bonds is 3. The maximum atomic E-state index is 13.4. The first-order valence-corrected chi connectivity index (χ1v) is 7.94. The third-order valence-corrected chi connectivity index (χ3v) is 4.56. The molecule has 1 aromatic heterocycles. The highest BCUT2D eigenvalue weighted by molar-refractivity contribution is 5.83. The quantitative estimate of drug-likeness (QED) is 0.807. The molecule has 0 bridgehead atoms. The lowest BCUT2D eigenvalue weighted by molar-refractivity contribution is 0.261. The number of piperidine rings is 1. The summed E-state index contributed by atoms with van der Waals surface area (Å²) in [7, 11) is 0. The SMILES string of the molecule is Fc1ccc2cc(C([C@@H]3CCCNC3)n3ncnn3)ccc2c1. The number of benzene rings is 2. The number of hydrogen-bond acceptors (Lipinski definition) is 4. The monoisotopic (exact) mass is 311 g/mol. The zero-order valence-corrected chi connectivity index (χ0v) is 12.7. The van der Waals surface area contributed by atoms with Gasteiger partial charge in [0.1, 0.15) is 11.9 Å². The van der Waals surface area contributed by atoms with Gasteiger partial charge in [-0.25, -0.2) is 4.39 Å². The molecule has 1 aliphatic rings. The number of tetrazole rings is 1. The average Bonchev–Trinajstić information content (AvgIpc) is 3.10. The Balaban J connectivity index is 1.77. The summed E-state index contributed by atoms with van der Waals surface area (Å²) in [6, 6.07) is 11.0. The number of halogens is 1. The second-order valence-corrected chi connectivity index (χ2v) is 6.06. The fourth-order valence-corrected chi connectivity index (χ4v) is 3.46. The fraction of sp³-hybridized carbons (Fsp3) is 0.353. The Bertz CT molecular complexity index is 796. The minimum absolute atomic E-state index is 0.0414. The summed E-state index contributed by atoms with van der Waals surface area (Å²) in [5.74, 6) is 0.201. The fourth-order valence-electron chi connectivity index (χ4n) is 3.46. The van der Waals surface area contributed by atoms with E-state index in [4.69, 9.17) is 0 Å². The molecule has 1 fully saturated rings. The van der Waals surface area contributed by atoms with E-state index in [9.17, 15) is 4.39 Å². The van der Waals surface area contributed by atoms with E-state index in [0.29, 0.717) is 5.92 Å². The van der Waals surface area contributed by atoms with Crippen molar-refractivity contribution in [2.24, 2.45) is 5.92 Å². The molecule has 118 valence electrons. The van der Waals surface area contributed by atoms with E-state index < -0.39 is 0 Å². The lowest BCUT2D eigenvalue weighted by atomic mass is 9.87. The van der Waals surface area contributed by atoms with Crippen LogP contribution in [-0.4, -0.2) is 33.3 Å². The van der Waals surface area contributed by atoms with Gasteiger partial charge < -0.3 is 5.32 Å². The van der Waals surface area contributed by atoms with Crippen LogP contribution >= 0.6 is 0 Å². The highest BCUT2D eigenvalue weighted by Crippen LogP contribution is 2.31. The van der Waals surface area contributed by atoms with E-state index in [1.54, 1.807) is 10.9 Å². The van der Waals surface area contributed by atoms with E-state index in [2.05, 4.69) is 26.8 Å². The topological polar surface area (TPSA) is 55.6 Å². The van der Waals surface area contributed by atoms with Crippen molar-refractivity contribution in [2.75, 3.05) is 13.1 Å². The number of nitrogens with one attached hydrogen (secondary N) is 1. The van der Waals surface area contributed by atoms with Crippen LogP contribution < -0.4 is 5.32 Å². The Morgan fingerprint density at radius 3 is 2.83 bits per heavy atom. The third-order valence-electron chi connectivity index (χ3n) is 4.56. The highest BCUT2D eigenvalue weighted by Gasteiger charge is 2.28. The Kier molecular flexibility index (Phi) is 3.75. The van der Waals surface area contributed by atoms with Crippen LogP contribution in [0.5, 0.6) is 0 Å². The molecule has 2 aromatic carbocycles. The molecule has 0 spiro atoms. The summed E-state index contributed by atoms with van der Waals surface area (Å²) in [6.45, 7) is 2.00. The van der Waals surface area contributed by atoms with Crippen molar-refractivity contribution in [1.82, 2.24) is 25.5 Å². The Hall–Kier alpha value is -2.34. The van der Waals surface area contributed by atoms with Gasteiger partial charge in [-0.05, 0) is 65.1 Å². The Morgan fingerprint density at radius 2 is 2.04 bits per heavy atom. The molecule has 2 heterocycles. The molecular formula is C17H18FN5. The molecule has 1 aliphatic heterocycles. The predicted octanol–water partition coefficient (Wildman–Crippen LogP) is 2.55. The summed E-state index contributed by atoms with van der Waals surface area (Å²) in [5, 5.41) is 17.7. The lowest BCUT2D eigenvalue weighted by Crippen LogP contribution is -2.36. The largest absolute Gasteiger partial charge is 0.316 e. The summed E-state index contributed by atoms with van der Waals surface area (Å²) in [6.07, 6.45) is 3.75. The van der Waals surface area contributed by atoms with Gasteiger partial charge in [0.05, 0.1) is 0 Å². The van der Waals surface area contributed by atoms with Gasteiger partial charge in [0.2, 0.25) is 0 Å². The third kappa shape index (κ3) is 2.82. The van der Waals surface area contributed by atoms with Gasteiger partial charge in [-0.3, -0.25) is 0 Å². The maximum absolute atomic E-state index is 13.4. The first-order valence-electron chi connectivity index (χ1n) is 7.94.